The van der Waals surface area contributed by atoms with Gasteiger partial charge in [0.1, 0.15) is 6.61 Å². The summed E-state index contributed by atoms with van der Waals surface area (Å²) in [5.74, 6) is 1.44. The van der Waals surface area contributed by atoms with Gasteiger partial charge in [0.25, 0.3) is 0 Å². The molecule has 1 aromatic rings. The summed E-state index contributed by atoms with van der Waals surface area (Å²) in [6.45, 7) is 11.4. The molecular formula is C15H21NO2SW. The molecule has 0 aromatic carbocycles. The molecule has 0 unspecified atom stereocenters. The van der Waals surface area contributed by atoms with Crippen LogP contribution in [0.4, 0.5) is 0 Å². The van der Waals surface area contributed by atoms with Crippen LogP contribution in [0.2, 0.25) is 0 Å². The molecule has 20 heavy (non-hydrogen) atoms. The monoisotopic (exact) mass is 463 g/mol. The van der Waals surface area contributed by atoms with Crippen molar-refractivity contribution in [2.24, 2.45) is 4.99 Å². The second kappa shape index (κ2) is 9.46. The van der Waals surface area contributed by atoms with Crippen LogP contribution in [-0.2, 0) is 32.3 Å². The molecule has 0 amide bonds. The van der Waals surface area contributed by atoms with Crippen molar-refractivity contribution in [2.75, 3.05) is 13.2 Å². The summed E-state index contributed by atoms with van der Waals surface area (Å²) in [5.41, 5.74) is 3.71. The first-order chi connectivity index (χ1) is 9.01. The van der Waals surface area contributed by atoms with Crippen LogP contribution in [-0.4, -0.2) is 25.1 Å². The number of rotatable bonds is 2. The molecule has 1 aliphatic rings. The van der Waals surface area contributed by atoms with Crippen LogP contribution in [0, 0.1) is 12.8 Å². The SMILES string of the molecule is CC1=NCCOc2sc(C[C-](C)C)c(C)c21.C[C-]=O.[W+2]. The Balaban J connectivity index is 0.000000830. The molecule has 0 spiro atoms. The van der Waals surface area contributed by atoms with Gasteiger partial charge in [-0.1, -0.05) is 0 Å². The number of fused-ring (bicyclic) bond motifs is 1. The van der Waals surface area contributed by atoms with Gasteiger partial charge in [0, 0.05) is 5.71 Å². The molecule has 1 aliphatic heterocycles. The van der Waals surface area contributed by atoms with Crippen LogP contribution in [0.3, 0.4) is 0 Å². The van der Waals surface area contributed by atoms with Gasteiger partial charge < -0.3 is 15.4 Å². The van der Waals surface area contributed by atoms with Gasteiger partial charge in [0.05, 0.1) is 12.1 Å². The van der Waals surface area contributed by atoms with Crippen molar-refractivity contribution in [3.05, 3.63) is 21.9 Å². The van der Waals surface area contributed by atoms with E-state index in [4.69, 9.17) is 9.53 Å². The summed E-state index contributed by atoms with van der Waals surface area (Å²) in [6, 6.07) is 0. The van der Waals surface area contributed by atoms with Gasteiger partial charge >= 0.3 is 21.1 Å². The van der Waals surface area contributed by atoms with Crippen LogP contribution in [0.5, 0.6) is 5.06 Å². The molecule has 5 heteroatoms. The van der Waals surface area contributed by atoms with Gasteiger partial charge in [0.15, 0.2) is 5.06 Å². The largest absolute Gasteiger partial charge is 2.00 e. The third kappa shape index (κ3) is 5.14. The number of carbonyl (C=O) groups excluding carboxylic acids is 1. The summed E-state index contributed by atoms with van der Waals surface area (Å²) in [7, 11) is 0. The number of aliphatic imine (C=N–C) groups is 1. The predicted molar refractivity (Wildman–Crippen MR) is 81.3 cm³/mol. The minimum atomic E-state index is 0. The van der Waals surface area contributed by atoms with Gasteiger partial charge in [-0.3, -0.25) is 11.3 Å². The maximum atomic E-state index is 8.68. The maximum Gasteiger partial charge on any atom is 2.00 e. The first-order valence-corrected chi connectivity index (χ1v) is 7.17. The average molecular weight is 463 g/mol. The number of ether oxygens (including phenoxy) is 1. The summed E-state index contributed by atoms with van der Waals surface area (Å²) < 4.78 is 5.76. The van der Waals surface area contributed by atoms with Crippen LogP contribution in [0.1, 0.15) is 43.7 Å². The summed E-state index contributed by atoms with van der Waals surface area (Å²) in [5, 5.41) is 1.06. The summed E-state index contributed by atoms with van der Waals surface area (Å²) >= 11 is 1.78. The Morgan fingerprint density at radius 2 is 2.00 bits per heavy atom. The Hall–Kier alpha value is -0.472. The molecule has 0 saturated carbocycles. The minimum Gasteiger partial charge on any atom is -0.542 e. The molecule has 3 nitrogen and oxygen atoms in total. The number of thiophene rings is 1. The van der Waals surface area contributed by atoms with E-state index in [1.54, 1.807) is 11.3 Å². The van der Waals surface area contributed by atoms with E-state index in [9.17, 15) is 0 Å². The molecular weight excluding hydrogens is 442 g/mol. The van der Waals surface area contributed by atoms with Crippen molar-refractivity contribution in [1.29, 1.82) is 0 Å². The van der Waals surface area contributed by atoms with E-state index >= 15 is 0 Å². The van der Waals surface area contributed by atoms with Gasteiger partial charge in [-0.25, -0.2) is 0 Å². The molecule has 0 bridgehead atoms. The normalized spacial score (nSPS) is 13.0. The predicted octanol–water partition coefficient (Wildman–Crippen LogP) is 3.53. The van der Waals surface area contributed by atoms with Gasteiger partial charge in [-0.2, -0.15) is 20.8 Å². The zero-order chi connectivity index (χ0) is 14.4. The smallest absolute Gasteiger partial charge is 0.542 e. The van der Waals surface area contributed by atoms with Crippen molar-refractivity contribution >= 4 is 23.3 Å². The molecule has 2 rings (SSSR count). The van der Waals surface area contributed by atoms with Crippen LogP contribution >= 0.6 is 11.3 Å². The molecule has 0 radical (unpaired) electrons. The standard InChI is InChI=1S/C13H18NOS.C2H3O.W/c1-8(2)7-11-9(3)12-10(4)14-5-6-15-13(12)16-11;1-2-3;/h5-7H2,1-4H3;1H3;/q2*-1;+2. The third-order valence-electron chi connectivity index (χ3n) is 2.76. The fraction of sp³-hybridized carbons (Fsp3) is 0.533. The van der Waals surface area contributed by atoms with Crippen LogP contribution < -0.4 is 4.74 Å². The Labute approximate surface area is 140 Å². The Kier molecular flexibility index (Phi) is 9.24. The molecule has 0 fully saturated rings. The molecule has 2 heterocycles. The topological polar surface area (TPSA) is 38.7 Å². The van der Waals surface area contributed by atoms with Crippen molar-refractivity contribution in [3.63, 3.8) is 0 Å². The molecule has 0 atom stereocenters. The van der Waals surface area contributed by atoms with E-state index in [1.165, 1.54) is 35.1 Å². The first kappa shape index (κ1) is 19.5. The zero-order valence-electron chi connectivity index (χ0n) is 12.7. The fourth-order valence-corrected chi connectivity index (χ4v) is 3.36. The molecule has 0 saturated heterocycles. The number of hydrogen-bond donors (Lipinski definition) is 0. The minimum absolute atomic E-state index is 0. The van der Waals surface area contributed by atoms with Crippen molar-refractivity contribution < 1.29 is 30.6 Å². The number of hydrogen-bond acceptors (Lipinski definition) is 4. The molecule has 0 N–H and O–H groups in total. The van der Waals surface area contributed by atoms with E-state index in [2.05, 4.69) is 32.7 Å². The van der Waals surface area contributed by atoms with E-state index in [1.807, 2.05) is 0 Å². The molecule has 0 aliphatic carbocycles. The van der Waals surface area contributed by atoms with Crippen LogP contribution in [0.25, 0.3) is 0 Å². The van der Waals surface area contributed by atoms with Crippen LogP contribution in [0.15, 0.2) is 4.99 Å². The van der Waals surface area contributed by atoms with Crippen molar-refractivity contribution in [3.8, 4) is 5.06 Å². The Morgan fingerprint density at radius 3 is 2.55 bits per heavy atom. The first-order valence-electron chi connectivity index (χ1n) is 6.35. The van der Waals surface area contributed by atoms with E-state index in [0.717, 1.165) is 23.7 Å². The van der Waals surface area contributed by atoms with Gasteiger partial charge in [0.2, 0.25) is 0 Å². The summed E-state index contributed by atoms with van der Waals surface area (Å²) in [4.78, 5) is 14.6. The van der Waals surface area contributed by atoms with Crippen molar-refractivity contribution in [2.45, 2.75) is 41.0 Å². The maximum absolute atomic E-state index is 8.68. The van der Waals surface area contributed by atoms with Gasteiger partial charge in [-0.15, -0.1) is 17.8 Å². The van der Waals surface area contributed by atoms with Gasteiger partial charge in [-0.05, 0) is 24.3 Å². The van der Waals surface area contributed by atoms with Crippen molar-refractivity contribution in [1.82, 2.24) is 0 Å². The van der Waals surface area contributed by atoms with E-state index < -0.39 is 0 Å². The molecule has 110 valence electrons. The Bertz CT molecular complexity index is 467. The summed E-state index contributed by atoms with van der Waals surface area (Å²) in [6.07, 6.45) is 2.56. The quantitative estimate of drug-likeness (QED) is 0.630. The second-order valence-corrected chi connectivity index (χ2v) is 5.78. The number of nitrogens with zero attached hydrogens (tertiary/aromatic N) is 1. The second-order valence-electron chi connectivity index (χ2n) is 4.72. The zero-order valence-corrected chi connectivity index (χ0v) is 16.5. The fourth-order valence-electron chi connectivity index (χ4n) is 1.97. The third-order valence-corrected chi connectivity index (χ3v) is 3.97. The average Bonchev–Trinajstić information content (AvgIpc) is 2.51. The van der Waals surface area contributed by atoms with E-state index in [0.29, 0.717) is 6.61 Å². The molecule has 1 aromatic heterocycles. The van der Waals surface area contributed by atoms with E-state index in [-0.39, 0.29) is 21.1 Å². The Morgan fingerprint density at radius 1 is 1.40 bits per heavy atom.